The molecule has 0 saturated heterocycles. The van der Waals surface area contributed by atoms with Crippen molar-refractivity contribution in [3.8, 4) is 22.7 Å². The molecule has 0 spiro atoms. The van der Waals surface area contributed by atoms with E-state index < -0.39 is 37.5 Å². The molecule has 0 bridgehead atoms. The second-order valence-corrected chi connectivity index (χ2v) is 27.7. The second kappa shape index (κ2) is 44.9. The third-order valence-corrected chi connectivity index (χ3v) is 19.0. The molecule has 35 heteroatoms. The number of aromatic nitrogens is 12. The molecular weight excluding hydrogens is 1610 g/mol. The van der Waals surface area contributed by atoms with Crippen LogP contribution in [0.4, 0.5) is 17.6 Å². The van der Waals surface area contributed by atoms with Crippen LogP contribution in [0.1, 0.15) is 78.7 Å². The summed E-state index contributed by atoms with van der Waals surface area (Å²) in [6.45, 7) is 12.7. The first-order valence-corrected chi connectivity index (χ1v) is 37.6. The number of nitrogens with zero attached hydrogens (tertiary/aromatic N) is 13. The molecule has 0 radical (unpaired) electrons. The zero-order chi connectivity index (χ0) is 78.2. The van der Waals surface area contributed by atoms with Gasteiger partial charge < -0.3 is 48.8 Å². The number of aliphatic hydroxyl groups excluding tert-OH is 1. The Hall–Kier alpha value is -9.92. The van der Waals surface area contributed by atoms with Crippen LogP contribution in [0.5, 0.6) is 0 Å². The van der Waals surface area contributed by atoms with E-state index in [0.717, 1.165) is 40.0 Å². The Labute approximate surface area is 702 Å². The number of halogens is 6. The van der Waals surface area contributed by atoms with Crippen LogP contribution in [0.2, 0.25) is 0 Å². The number of carboxylic acid groups (broad SMARTS) is 1. The number of quaternary nitrogens is 1. The standard InChI is InChI=1S/C21H17FN4O3S.C15H12FN3O2.C13H8FN3O2.C12H7BrFN3.C8H11NO2S.C6H15N.CH4O.CH4.ClH.K.H2O.H2/c1-30(28,29)20-5-3-2-4-14(20)10-24-21(27)18-11-23-13-19-17(18)12-25-26(19)16-8-6-15(22)7-9-16;1-2-21-15(20)13-7-17-9-14-12(13)8-18-19(14)11-5-3-10(16)4-6-11;14-8-1-3-9(4-2-8)17-12-7-15-5-11(13(18)19)10(12)6-16-17;13-11-6-15-7-12-10(11)5-16-17(12)9-3-1-8(14)2-4-9;1-12(10,11)8-5-3-2-4-7(8)6-9;1-4-7(5-2)6-3;1-2;;;;;/h2-9,11-13H,10H2,1H3,(H,24,27);3-9H,2H2,1H3;1-7H,(H,18,19);1-7H;2-5H,6,9H2,1H3;4-6H2,1-3H3;2H,1H3;1H4;1H;;1H2;1H/q;;;;;;;;;+1;;/p-1/i;;;;;;;;;;;1+1. The fourth-order valence-corrected chi connectivity index (χ4v) is 13.0. The van der Waals surface area contributed by atoms with Gasteiger partial charge in [0.1, 0.15) is 29.8 Å². The van der Waals surface area contributed by atoms with Crippen LogP contribution in [0, 0.1) is 23.3 Å². The monoisotopic (exact) mass is 1690 g/mol. The molecule has 14 rings (SSSR count). The number of hydrogen-bond acceptors (Lipinski definition) is 19. The molecule has 0 atom stereocenters. The molecule has 7 N–H and O–H groups in total. The predicted molar refractivity (Wildman–Crippen MR) is 415 cm³/mol. The van der Waals surface area contributed by atoms with E-state index >= 15 is 0 Å². The van der Waals surface area contributed by atoms with Crippen LogP contribution in [0.3, 0.4) is 0 Å². The number of amides is 1. The van der Waals surface area contributed by atoms with Crippen molar-refractivity contribution in [1.82, 2.24) is 69.3 Å². The minimum Gasteiger partial charge on any atom is -1.00 e. The quantitative estimate of drug-likeness (QED) is 0.0443. The van der Waals surface area contributed by atoms with Gasteiger partial charge in [-0.3, -0.25) is 24.7 Å². The van der Waals surface area contributed by atoms with Gasteiger partial charge in [0, 0.05) is 84.0 Å². The number of fused-ring (bicyclic) bond motifs is 4. The van der Waals surface area contributed by atoms with Crippen molar-refractivity contribution in [2.75, 3.05) is 45.9 Å². The number of ether oxygens (including phenoxy) is 1. The summed E-state index contributed by atoms with van der Waals surface area (Å²) in [7, 11) is -5.50. The number of hydrogen-bond donors (Lipinski definition) is 4. The summed E-state index contributed by atoms with van der Waals surface area (Å²) < 4.78 is 111. The van der Waals surface area contributed by atoms with E-state index in [1.807, 2.05) is 6.07 Å². The van der Waals surface area contributed by atoms with Crippen LogP contribution in [-0.4, -0.2) is 160 Å². The van der Waals surface area contributed by atoms with Gasteiger partial charge in [0.2, 0.25) is 0 Å². The first-order valence-electron chi connectivity index (χ1n) is 33.0. The van der Waals surface area contributed by atoms with Crippen molar-refractivity contribution in [3.05, 3.63) is 276 Å². The van der Waals surface area contributed by atoms with Crippen molar-refractivity contribution in [1.29, 1.82) is 0 Å². The summed E-state index contributed by atoms with van der Waals surface area (Å²) in [6.07, 6.45) is 21.0. The van der Waals surface area contributed by atoms with Gasteiger partial charge >= 0.3 is 63.3 Å². The van der Waals surface area contributed by atoms with Crippen molar-refractivity contribution < 1.29 is 140 Å². The zero-order valence-corrected chi connectivity index (χ0v) is 68.3. The Morgan fingerprint density at radius 2 is 0.804 bits per heavy atom. The zero-order valence-electron chi connectivity index (χ0n) is 61.2. The van der Waals surface area contributed by atoms with Crippen LogP contribution in [0.25, 0.3) is 66.4 Å². The minimum atomic E-state index is -3.41. The van der Waals surface area contributed by atoms with E-state index in [0.29, 0.717) is 84.5 Å². The molecular formula is C77H82BrClF4KN15O11S2. The van der Waals surface area contributed by atoms with E-state index in [1.165, 1.54) is 116 Å². The number of nitrogens with one attached hydrogen (secondary N) is 1. The Kier molecular flexibility index (Phi) is 37.9. The topological polar surface area (TPSA) is 365 Å². The third-order valence-electron chi connectivity index (χ3n) is 16.0. The second-order valence-electron chi connectivity index (χ2n) is 22.9. The van der Waals surface area contributed by atoms with Crippen molar-refractivity contribution in [2.45, 2.75) is 58.0 Å². The number of aromatic carboxylic acids is 1. The molecule has 14 aromatic rings. The van der Waals surface area contributed by atoms with Crippen LogP contribution in [-0.2, 0) is 37.5 Å². The third kappa shape index (κ3) is 24.5. The molecule has 8 heterocycles. The predicted octanol–water partition coefficient (Wildman–Crippen LogP) is 6.71. The molecule has 0 aliphatic rings. The molecule has 26 nitrogen and oxygen atoms in total. The molecule has 112 heavy (non-hydrogen) atoms. The van der Waals surface area contributed by atoms with Crippen molar-refractivity contribution in [3.63, 3.8) is 0 Å². The number of sulfone groups is 2. The molecule has 1 amide bonds. The average Bonchev–Trinajstić information content (AvgIpc) is 1.66. The largest absolute Gasteiger partial charge is 1.00 e. The van der Waals surface area contributed by atoms with Gasteiger partial charge in [0.25, 0.3) is 5.91 Å². The number of esters is 1. The van der Waals surface area contributed by atoms with Gasteiger partial charge in [0.15, 0.2) is 19.7 Å². The number of carbonyl (C=O) groups is 3. The molecule has 6 aromatic carbocycles. The Bertz CT molecular complexity index is 5640. The Morgan fingerprint density at radius 3 is 1.14 bits per heavy atom. The minimum absolute atomic E-state index is 0. The summed E-state index contributed by atoms with van der Waals surface area (Å²) in [5.41, 5.74) is 11.2. The fourth-order valence-electron chi connectivity index (χ4n) is 10.6. The summed E-state index contributed by atoms with van der Waals surface area (Å²) in [5, 5.41) is 38.5. The fraction of sp³-hybridized carbons (Fsp3) is 0.182. The van der Waals surface area contributed by atoms with E-state index in [9.17, 15) is 48.8 Å². The van der Waals surface area contributed by atoms with Gasteiger partial charge in [-0.1, -0.05) is 64.6 Å². The molecule has 0 unspecified atom stereocenters. The molecule has 0 aliphatic heterocycles. The number of pyridine rings is 4. The maximum atomic E-state index is 13.2. The van der Waals surface area contributed by atoms with Gasteiger partial charge in [0.05, 0.1) is 127 Å². The van der Waals surface area contributed by atoms with E-state index in [-0.39, 0.29) is 118 Å². The number of carbonyl (C=O) groups excluding carboxylic acids is 2. The van der Waals surface area contributed by atoms with Crippen LogP contribution < -0.4 is 74.8 Å². The molecule has 0 saturated carbocycles. The summed E-state index contributed by atoms with van der Waals surface area (Å²) >= 11 is 3.42. The van der Waals surface area contributed by atoms with Gasteiger partial charge in [-0.05, 0) is 157 Å². The average molecular weight is 1690 g/mol. The first-order chi connectivity index (χ1) is 51.9. The van der Waals surface area contributed by atoms with Crippen LogP contribution >= 0.6 is 15.9 Å². The Morgan fingerprint density at radius 1 is 0.491 bits per heavy atom. The van der Waals surface area contributed by atoms with Gasteiger partial charge in [-0.25, -0.2) is 62.7 Å². The molecule has 0 aliphatic carbocycles. The number of aliphatic hydroxyl groups is 1. The first kappa shape index (κ1) is 94.5. The summed E-state index contributed by atoms with van der Waals surface area (Å²) in [5.74, 6) is -3.18. The SMILES string of the molecule is C.CCN(CC)CC.CCOC(=O)c1cncc2c1cnn2-c1ccc(F)cc1.CO.CS(=O)(=O)c1ccccc1CNC(=O)c1cncc2c1cnn2-c1ccc(F)cc1.CS(=O)(=O)c1ccccc1C[NH3+].Fc1ccc(-n2ncc3c(Br)cncc32)cc1.O=C(O)c1cncc2c1cnn2-c1ccc(F)cc1.[2HH].[Cl-].[K+].[OH-]. The normalized spacial score (nSPS) is 10.5. The molecule has 8 aromatic heterocycles. The molecule has 0 fully saturated rings. The summed E-state index contributed by atoms with van der Waals surface area (Å²) in [6, 6.07) is 37.1. The van der Waals surface area contributed by atoms with E-state index in [1.54, 1.807) is 149 Å². The number of benzene rings is 6. The van der Waals surface area contributed by atoms with E-state index in [2.05, 4.69) is 93.0 Å². The maximum Gasteiger partial charge on any atom is 1.00 e. The van der Waals surface area contributed by atoms with Gasteiger partial charge in [-0.2, -0.15) is 20.4 Å². The van der Waals surface area contributed by atoms with Gasteiger partial charge in [-0.15, -0.1) is 0 Å². The number of rotatable bonds is 16. The van der Waals surface area contributed by atoms with Crippen molar-refractivity contribution >= 4 is 97.1 Å². The van der Waals surface area contributed by atoms with Crippen molar-refractivity contribution in [2.24, 2.45) is 0 Å². The maximum absolute atomic E-state index is 13.2. The van der Waals surface area contributed by atoms with E-state index in [4.69, 9.17) is 14.9 Å². The smallest absolute Gasteiger partial charge is 1.00 e. The number of carboxylic acids is 1. The van der Waals surface area contributed by atoms with Crippen LogP contribution in [0.15, 0.2) is 234 Å². The Balaban J connectivity index is 0.000000360. The summed E-state index contributed by atoms with van der Waals surface area (Å²) in [4.78, 5) is 54.9. The molecule has 586 valence electrons.